The first-order chi connectivity index (χ1) is 16.2. The Morgan fingerprint density at radius 2 is 1.71 bits per heavy atom. The highest BCUT2D eigenvalue weighted by atomic mass is 32.2. The van der Waals surface area contributed by atoms with Crippen LogP contribution in [0.5, 0.6) is 5.75 Å². The summed E-state index contributed by atoms with van der Waals surface area (Å²) in [5, 5.41) is 2.83. The minimum absolute atomic E-state index is 0.136. The quantitative estimate of drug-likeness (QED) is 0.579. The number of amides is 2. The summed E-state index contributed by atoms with van der Waals surface area (Å²) in [6, 6.07) is 13.3. The van der Waals surface area contributed by atoms with E-state index in [0.29, 0.717) is 44.2 Å². The van der Waals surface area contributed by atoms with E-state index < -0.39 is 15.9 Å². The lowest BCUT2D eigenvalue weighted by Crippen LogP contribution is -2.41. The van der Waals surface area contributed by atoms with Gasteiger partial charge in [-0.2, -0.15) is 0 Å². The number of nitrogens with one attached hydrogen (secondary N) is 1. The van der Waals surface area contributed by atoms with Crippen molar-refractivity contribution in [3.63, 3.8) is 0 Å². The molecule has 2 amide bonds. The van der Waals surface area contributed by atoms with E-state index in [4.69, 9.17) is 9.47 Å². The van der Waals surface area contributed by atoms with Gasteiger partial charge in [0.25, 0.3) is 5.91 Å². The fourth-order valence-electron chi connectivity index (χ4n) is 3.64. The second kappa shape index (κ2) is 11.3. The van der Waals surface area contributed by atoms with Crippen LogP contribution in [0.4, 0.5) is 5.69 Å². The Labute approximate surface area is 200 Å². The maximum atomic E-state index is 12.7. The fraction of sp³-hybridized carbons (Fsp3) is 0.417. The summed E-state index contributed by atoms with van der Waals surface area (Å²) in [6.07, 6.45) is 1.04. The van der Waals surface area contributed by atoms with Crippen LogP contribution >= 0.6 is 0 Å². The highest BCUT2D eigenvalue weighted by molar-refractivity contribution is 7.92. The molecular weight excluding hydrogens is 458 g/mol. The Morgan fingerprint density at radius 1 is 1.09 bits per heavy atom. The highest BCUT2D eigenvalue weighted by Gasteiger charge is 2.23. The first kappa shape index (κ1) is 25.5. The Morgan fingerprint density at radius 3 is 2.26 bits per heavy atom. The largest absolute Gasteiger partial charge is 0.494 e. The SMILES string of the molecule is CCOc1ccc(C(C)NC(=O)CN(c2ccc(C(=O)N3CCOCC3)cc2)S(C)(=O)=O)cc1. The summed E-state index contributed by atoms with van der Waals surface area (Å²) in [4.78, 5) is 27.0. The van der Waals surface area contributed by atoms with Crippen molar-refractivity contribution in [1.82, 2.24) is 10.2 Å². The van der Waals surface area contributed by atoms with Crippen LogP contribution in [0.2, 0.25) is 0 Å². The lowest BCUT2D eigenvalue weighted by molar-refractivity contribution is -0.120. The van der Waals surface area contributed by atoms with Gasteiger partial charge in [0.15, 0.2) is 0 Å². The van der Waals surface area contributed by atoms with Gasteiger partial charge in [0.05, 0.1) is 37.8 Å². The number of carbonyl (C=O) groups excluding carboxylic acids is 2. The molecule has 1 unspecified atom stereocenters. The van der Waals surface area contributed by atoms with Crippen molar-refractivity contribution in [1.29, 1.82) is 0 Å². The van der Waals surface area contributed by atoms with E-state index in [1.54, 1.807) is 17.0 Å². The standard InChI is InChI=1S/C24H31N3O6S/c1-4-33-22-11-7-19(8-12-22)18(2)25-23(28)17-27(34(3,30)31)21-9-5-20(6-10-21)24(29)26-13-15-32-16-14-26/h5-12,18H,4,13-17H2,1-3H3,(H,25,28). The molecule has 1 aliphatic rings. The van der Waals surface area contributed by atoms with Crippen LogP contribution in [-0.4, -0.2) is 70.8 Å². The van der Waals surface area contributed by atoms with Crippen molar-refractivity contribution in [2.24, 2.45) is 0 Å². The Balaban J connectivity index is 1.67. The topological polar surface area (TPSA) is 105 Å². The van der Waals surface area contributed by atoms with Crippen LogP contribution in [-0.2, 0) is 19.6 Å². The summed E-state index contributed by atoms with van der Waals surface area (Å²) < 4.78 is 36.6. The first-order valence-electron chi connectivity index (χ1n) is 11.2. The molecule has 1 atom stereocenters. The third-order valence-corrected chi connectivity index (χ3v) is 6.60. The summed E-state index contributed by atoms with van der Waals surface area (Å²) >= 11 is 0. The predicted octanol–water partition coefficient (Wildman–Crippen LogP) is 2.20. The van der Waals surface area contributed by atoms with Gasteiger partial charge in [-0.05, 0) is 55.8 Å². The number of sulfonamides is 1. The number of nitrogens with zero attached hydrogens (tertiary/aromatic N) is 2. The van der Waals surface area contributed by atoms with Crippen molar-refractivity contribution in [2.45, 2.75) is 19.9 Å². The average molecular weight is 490 g/mol. The van der Waals surface area contributed by atoms with Crippen LogP contribution in [0, 0.1) is 0 Å². The zero-order valence-corrected chi connectivity index (χ0v) is 20.5. The summed E-state index contributed by atoms with van der Waals surface area (Å²) in [6.45, 7) is 5.94. The van der Waals surface area contributed by atoms with Gasteiger partial charge >= 0.3 is 0 Å². The number of benzene rings is 2. The molecule has 1 N–H and O–H groups in total. The maximum Gasteiger partial charge on any atom is 0.254 e. The van der Waals surface area contributed by atoms with Gasteiger partial charge in [0.2, 0.25) is 15.9 Å². The molecule has 1 saturated heterocycles. The molecule has 34 heavy (non-hydrogen) atoms. The number of hydrogen-bond acceptors (Lipinski definition) is 6. The molecule has 10 heteroatoms. The molecule has 1 heterocycles. The molecule has 184 valence electrons. The third-order valence-electron chi connectivity index (χ3n) is 5.46. The van der Waals surface area contributed by atoms with E-state index >= 15 is 0 Å². The van der Waals surface area contributed by atoms with Gasteiger partial charge in [0, 0.05) is 18.7 Å². The smallest absolute Gasteiger partial charge is 0.254 e. The molecule has 2 aromatic carbocycles. The molecule has 2 aromatic rings. The monoisotopic (exact) mass is 489 g/mol. The molecule has 0 bridgehead atoms. The van der Waals surface area contributed by atoms with Crippen molar-refractivity contribution >= 4 is 27.5 Å². The number of carbonyl (C=O) groups is 2. The molecule has 3 rings (SSSR count). The fourth-order valence-corrected chi connectivity index (χ4v) is 4.50. The van der Waals surface area contributed by atoms with E-state index in [1.807, 2.05) is 38.1 Å². The van der Waals surface area contributed by atoms with E-state index in [-0.39, 0.29) is 18.5 Å². The summed E-state index contributed by atoms with van der Waals surface area (Å²) in [7, 11) is -3.73. The molecular formula is C24H31N3O6S. The number of rotatable bonds is 9. The highest BCUT2D eigenvalue weighted by Crippen LogP contribution is 2.21. The third kappa shape index (κ3) is 6.71. The van der Waals surface area contributed by atoms with Gasteiger partial charge in [-0.25, -0.2) is 8.42 Å². The number of hydrogen-bond donors (Lipinski definition) is 1. The van der Waals surface area contributed by atoms with Gasteiger partial charge in [-0.3, -0.25) is 13.9 Å². The molecule has 1 aliphatic heterocycles. The first-order valence-corrected chi connectivity index (χ1v) is 13.0. The molecule has 0 radical (unpaired) electrons. The molecule has 0 spiro atoms. The number of morpholine rings is 1. The molecule has 0 aromatic heterocycles. The number of ether oxygens (including phenoxy) is 2. The number of anilines is 1. The molecule has 9 nitrogen and oxygen atoms in total. The van der Waals surface area contributed by atoms with Crippen LogP contribution in [0.15, 0.2) is 48.5 Å². The Kier molecular flexibility index (Phi) is 8.51. The van der Waals surface area contributed by atoms with Crippen LogP contribution in [0.3, 0.4) is 0 Å². The van der Waals surface area contributed by atoms with Gasteiger partial charge in [-0.1, -0.05) is 12.1 Å². The maximum absolute atomic E-state index is 12.7. The molecule has 0 aliphatic carbocycles. The lowest BCUT2D eigenvalue weighted by atomic mass is 10.1. The van der Waals surface area contributed by atoms with Crippen molar-refractivity contribution < 1.29 is 27.5 Å². The second-order valence-electron chi connectivity index (χ2n) is 8.01. The Bertz CT molecular complexity index is 1080. The lowest BCUT2D eigenvalue weighted by Gasteiger charge is -2.27. The summed E-state index contributed by atoms with van der Waals surface area (Å²) in [5.41, 5.74) is 1.63. The van der Waals surface area contributed by atoms with E-state index in [1.165, 1.54) is 12.1 Å². The predicted molar refractivity (Wildman–Crippen MR) is 130 cm³/mol. The minimum atomic E-state index is -3.73. The zero-order chi connectivity index (χ0) is 24.7. The molecule has 0 saturated carbocycles. The minimum Gasteiger partial charge on any atom is -0.494 e. The Hall–Kier alpha value is -3.11. The van der Waals surface area contributed by atoms with Gasteiger partial charge < -0.3 is 19.7 Å². The molecule has 1 fully saturated rings. The van der Waals surface area contributed by atoms with E-state index in [0.717, 1.165) is 21.9 Å². The van der Waals surface area contributed by atoms with Crippen LogP contribution in [0.25, 0.3) is 0 Å². The van der Waals surface area contributed by atoms with Crippen molar-refractivity contribution in [3.8, 4) is 5.75 Å². The average Bonchev–Trinajstić information content (AvgIpc) is 2.83. The second-order valence-corrected chi connectivity index (χ2v) is 9.92. The van der Waals surface area contributed by atoms with Crippen molar-refractivity contribution in [2.75, 3.05) is 50.0 Å². The van der Waals surface area contributed by atoms with E-state index in [2.05, 4.69) is 5.32 Å². The normalized spacial score (nSPS) is 14.9. The summed E-state index contributed by atoms with van der Waals surface area (Å²) in [5.74, 6) is 0.159. The van der Waals surface area contributed by atoms with Crippen LogP contribution < -0.4 is 14.4 Å². The zero-order valence-electron chi connectivity index (χ0n) is 19.7. The van der Waals surface area contributed by atoms with Crippen LogP contribution in [0.1, 0.15) is 35.8 Å². The van der Waals surface area contributed by atoms with Gasteiger partial charge in [0.1, 0.15) is 12.3 Å². The van der Waals surface area contributed by atoms with Crippen molar-refractivity contribution in [3.05, 3.63) is 59.7 Å². The van der Waals surface area contributed by atoms with E-state index in [9.17, 15) is 18.0 Å². The van der Waals surface area contributed by atoms with Gasteiger partial charge in [-0.15, -0.1) is 0 Å².